The van der Waals surface area contributed by atoms with Gasteiger partial charge in [-0.25, -0.2) is 0 Å². The monoisotopic (exact) mass is 192 g/mol. The van der Waals surface area contributed by atoms with Crippen LogP contribution in [0.15, 0.2) is 24.3 Å². The molecule has 0 aliphatic heterocycles. The van der Waals surface area contributed by atoms with Crippen molar-refractivity contribution in [3.8, 4) is 0 Å². The van der Waals surface area contributed by atoms with Gasteiger partial charge in [-0.05, 0) is 36.9 Å². The lowest BCUT2D eigenvalue weighted by atomic mass is 10.1. The van der Waals surface area contributed by atoms with Gasteiger partial charge in [0.25, 0.3) is 0 Å². The van der Waals surface area contributed by atoms with Crippen LogP contribution in [0.4, 0.5) is 0 Å². The molecule has 2 heteroatoms. The Bertz CT molecular complexity index is 429. The number of hydrogen-bond donors (Lipinski definition) is 1. The number of hydrogen-bond acceptors (Lipinski definition) is 2. The summed E-state index contributed by atoms with van der Waals surface area (Å²) in [6.07, 6.45) is -0.369. The minimum absolute atomic E-state index is 0.369. The van der Waals surface area contributed by atoms with E-state index in [1.165, 1.54) is 15.0 Å². The SMILES string of the molecule is Cc1cc2ccc(C(C)O)cc2s1. The van der Waals surface area contributed by atoms with Crippen LogP contribution < -0.4 is 0 Å². The first-order valence-electron chi connectivity index (χ1n) is 4.35. The fourth-order valence-electron chi connectivity index (χ4n) is 1.44. The Morgan fingerprint density at radius 2 is 2.08 bits per heavy atom. The van der Waals surface area contributed by atoms with Crippen molar-refractivity contribution in [1.29, 1.82) is 0 Å². The first-order valence-corrected chi connectivity index (χ1v) is 5.16. The molecule has 0 aliphatic rings. The highest BCUT2D eigenvalue weighted by molar-refractivity contribution is 7.19. The van der Waals surface area contributed by atoms with Crippen molar-refractivity contribution < 1.29 is 5.11 Å². The number of thiophene rings is 1. The Morgan fingerprint density at radius 1 is 1.31 bits per heavy atom. The summed E-state index contributed by atoms with van der Waals surface area (Å²) in [6.45, 7) is 3.90. The van der Waals surface area contributed by atoms with Crippen molar-refractivity contribution in [1.82, 2.24) is 0 Å². The van der Waals surface area contributed by atoms with Crippen molar-refractivity contribution in [2.45, 2.75) is 20.0 Å². The molecule has 1 atom stereocenters. The van der Waals surface area contributed by atoms with E-state index in [0.717, 1.165) is 5.56 Å². The van der Waals surface area contributed by atoms with E-state index in [9.17, 15) is 5.11 Å². The number of fused-ring (bicyclic) bond motifs is 1. The van der Waals surface area contributed by atoms with Crippen molar-refractivity contribution in [2.75, 3.05) is 0 Å². The molecule has 2 aromatic rings. The molecule has 0 saturated carbocycles. The van der Waals surface area contributed by atoms with E-state index in [-0.39, 0.29) is 6.10 Å². The summed E-state index contributed by atoms with van der Waals surface area (Å²) in [5, 5.41) is 10.7. The van der Waals surface area contributed by atoms with Gasteiger partial charge in [-0.2, -0.15) is 0 Å². The van der Waals surface area contributed by atoms with E-state index in [1.807, 2.05) is 6.07 Å². The van der Waals surface area contributed by atoms with Gasteiger partial charge in [0.05, 0.1) is 6.10 Å². The van der Waals surface area contributed by atoms with Crippen LogP contribution in [0, 0.1) is 6.92 Å². The van der Waals surface area contributed by atoms with E-state index in [0.29, 0.717) is 0 Å². The van der Waals surface area contributed by atoms with Crippen molar-refractivity contribution >= 4 is 21.4 Å². The normalized spacial score (nSPS) is 13.5. The van der Waals surface area contributed by atoms with Crippen LogP contribution in [0.5, 0.6) is 0 Å². The van der Waals surface area contributed by atoms with Crippen molar-refractivity contribution in [3.63, 3.8) is 0 Å². The third-order valence-electron chi connectivity index (χ3n) is 2.15. The summed E-state index contributed by atoms with van der Waals surface area (Å²) in [5.74, 6) is 0. The minimum Gasteiger partial charge on any atom is -0.389 e. The highest BCUT2D eigenvalue weighted by Gasteiger charge is 2.03. The lowest BCUT2D eigenvalue weighted by Crippen LogP contribution is -1.88. The number of benzene rings is 1. The smallest absolute Gasteiger partial charge is 0.0762 e. The highest BCUT2D eigenvalue weighted by Crippen LogP contribution is 2.27. The average Bonchev–Trinajstić information content (AvgIpc) is 2.42. The van der Waals surface area contributed by atoms with Crippen LogP contribution in [0.25, 0.3) is 10.1 Å². The standard InChI is InChI=1S/C11H12OS/c1-7-5-10-4-3-9(8(2)12)6-11(10)13-7/h3-6,8,12H,1-2H3. The summed E-state index contributed by atoms with van der Waals surface area (Å²) in [5.41, 5.74) is 0.995. The van der Waals surface area contributed by atoms with Crippen LogP contribution in [0.3, 0.4) is 0 Å². The van der Waals surface area contributed by atoms with Gasteiger partial charge in [-0.1, -0.05) is 12.1 Å². The molecule has 0 saturated heterocycles. The van der Waals surface area contributed by atoms with Gasteiger partial charge >= 0.3 is 0 Å². The summed E-state index contributed by atoms with van der Waals surface area (Å²) in [6, 6.07) is 8.30. The molecule has 2 rings (SSSR count). The maximum absolute atomic E-state index is 9.39. The number of rotatable bonds is 1. The molecule has 0 bridgehead atoms. The van der Waals surface area contributed by atoms with Gasteiger partial charge < -0.3 is 5.11 Å². The number of aliphatic hydroxyl groups excluding tert-OH is 1. The molecule has 1 nitrogen and oxygen atoms in total. The van der Waals surface area contributed by atoms with E-state index >= 15 is 0 Å². The summed E-state index contributed by atoms with van der Waals surface area (Å²) in [4.78, 5) is 1.32. The summed E-state index contributed by atoms with van der Waals surface area (Å²) >= 11 is 1.77. The molecular formula is C11H12OS. The lowest BCUT2D eigenvalue weighted by Gasteiger charge is -2.03. The second-order valence-electron chi connectivity index (χ2n) is 3.33. The molecule has 1 unspecified atom stereocenters. The maximum atomic E-state index is 9.39. The second kappa shape index (κ2) is 3.13. The maximum Gasteiger partial charge on any atom is 0.0762 e. The number of aryl methyl sites for hydroxylation is 1. The molecule has 1 aromatic heterocycles. The minimum atomic E-state index is -0.369. The topological polar surface area (TPSA) is 20.2 Å². The number of aliphatic hydroxyl groups is 1. The Kier molecular flexibility index (Phi) is 2.10. The molecule has 0 spiro atoms. The lowest BCUT2D eigenvalue weighted by molar-refractivity contribution is 0.199. The zero-order valence-corrected chi connectivity index (χ0v) is 8.56. The van der Waals surface area contributed by atoms with Crippen LogP contribution in [0.1, 0.15) is 23.5 Å². The molecule has 68 valence electrons. The van der Waals surface area contributed by atoms with E-state index in [1.54, 1.807) is 18.3 Å². The highest BCUT2D eigenvalue weighted by atomic mass is 32.1. The molecular weight excluding hydrogens is 180 g/mol. The predicted octanol–water partition coefficient (Wildman–Crippen LogP) is 3.26. The molecule has 1 heterocycles. The summed E-state index contributed by atoms with van der Waals surface area (Å²) in [7, 11) is 0. The van der Waals surface area contributed by atoms with Gasteiger partial charge in [-0.3, -0.25) is 0 Å². The quantitative estimate of drug-likeness (QED) is 0.735. The van der Waals surface area contributed by atoms with Gasteiger partial charge in [0.2, 0.25) is 0 Å². The van der Waals surface area contributed by atoms with Gasteiger partial charge in [0.15, 0.2) is 0 Å². The molecule has 0 fully saturated rings. The molecule has 0 aliphatic carbocycles. The zero-order valence-electron chi connectivity index (χ0n) is 7.74. The third-order valence-corrected chi connectivity index (χ3v) is 3.16. The fraction of sp³-hybridized carbons (Fsp3) is 0.273. The Hall–Kier alpha value is -0.860. The third kappa shape index (κ3) is 1.60. The van der Waals surface area contributed by atoms with Crippen LogP contribution in [-0.2, 0) is 0 Å². The first-order chi connectivity index (χ1) is 6.16. The van der Waals surface area contributed by atoms with Crippen molar-refractivity contribution in [3.05, 3.63) is 34.7 Å². The van der Waals surface area contributed by atoms with E-state index in [2.05, 4.69) is 25.1 Å². The Labute approximate surface area is 81.6 Å². The van der Waals surface area contributed by atoms with Gasteiger partial charge in [-0.15, -0.1) is 11.3 Å². The van der Waals surface area contributed by atoms with E-state index < -0.39 is 0 Å². The average molecular weight is 192 g/mol. The van der Waals surface area contributed by atoms with Crippen molar-refractivity contribution in [2.24, 2.45) is 0 Å². The Balaban J connectivity index is 2.61. The fourth-order valence-corrected chi connectivity index (χ4v) is 2.41. The second-order valence-corrected chi connectivity index (χ2v) is 4.62. The largest absolute Gasteiger partial charge is 0.389 e. The zero-order chi connectivity index (χ0) is 9.42. The predicted molar refractivity (Wildman–Crippen MR) is 57.2 cm³/mol. The van der Waals surface area contributed by atoms with Gasteiger partial charge in [0.1, 0.15) is 0 Å². The molecule has 13 heavy (non-hydrogen) atoms. The first kappa shape index (κ1) is 8.73. The van der Waals surface area contributed by atoms with Crippen LogP contribution in [-0.4, -0.2) is 5.11 Å². The van der Waals surface area contributed by atoms with Crippen LogP contribution >= 0.6 is 11.3 Å². The molecule has 0 radical (unpaired) electrons. The van der Waals surface area contributed by atoms with Gasteiger partial charge in [0, 0.05) is 9.58 Å². The summed E-state index contributed by atoms with van der Waals surface area (Å²) < 4.78 is 1.26. The van der Waals surface area contributed by atoms with Crippen LogP contribution in [0.2, 0.25) is 0 Å². The Morgan fingerprint density at radius 3 is 2.77 bits per heavy atom. The van der Waals surface area contributed by atoms with E-state index in [4.69, 9.17) is 0 Å². The molecule has 1 N–H and O–H groups in total. The molecule has 0 amide bonds. The molecule has 1 aromatic carbocycles.